The van der Waals surface area contributed by atoms with Gasteiger partial charge in [-0.15, -0.1) is 11.3 Å². The first-order valence-electron chi connectivity index (χ1n) is 7.80. The Hall–Kier alpha value is -1.08. The van der Waals surface area contributed by atoms with Crippen LogP contribution in [0.3, 0.4) is 0 Å². The van der Waals surface area contributed by atoms with Crippen molar-refractivity contribution in [2.75, 3.05) is 18.0 Å². The van der Waals surface area contributed by atoms with Crippen molar-refractivity contribution in [2.24, 2.45) is 0 Å². The average Bonchev–Trinajstić information content (AvgIpc) is 2.92. The number of rotatable bonds is 4. The molecule has 1 aromatic heterocycles. The summed E-state index contributed by atoms with van der Waals surface area (Å²) < 4.78 is 0. The molecule has 2 heterocycles. The van der Waals surface area contributed by atoms with E-state index in [0.717, 1.165) is 31.1 Å². The fraction of sp³-hybridized carbons (Fsp3) is 0.667. The lowest BCUT2D eigenvalue weighted by atomic mass is 9.95. The third kappa shape index (κ3) is 3.81. The summed E-state index contributed by atoms with van der Waals surface area (Å²) in [6.45, 7) is 3.27. The van der Waals surface area contributed by atoms with Gasteiger partial charge in [-0.3, -0.25) is 9.59 Å². The van der Waals surface area contributed by atoms with E-state index in [0.29, 0.717) is 17.0 Å². The van der Waals surface area contributed by atoms with Crippen LogP contribution < -0.4 is 10.2 Å². The number of aromatic nitrogens is 1. The molecule has 1 aromatic rings. The maximum absolute atomic E-state index is 12.2. The number of nitrogens with one attached hydrogen (secondary N) is 1. The Morgan fingerprint density at radius 1 is 1.32 bits per heavy atom. The van der Waals surface area contributed by atoms with Gasteiger partial charge in [0, 0.05) is 36.7 Å². The van der Waals surface area contributed by atoms with Gasteiger partial charge in [-0.2, -0.15) is 0 Å². The number of amides is 1. The molecule has 2 aliphatic rings. The van der Waals surface area contributed by atoms with E-state index in [-0.39, 0.29) is 11.0 Å². The van der Waals surface area contributed by atoms with Crippen molar-refractivity contribution in [2.45, 2.75) is 50.3 Å². The molecule has 3 rings (SSSR count). The monoisotopic (exact) mass is 339 g/mol. The molecule has 0 atom stereocenters. The summed E-state index contributed by atoms with van der Waals surface area (Å²) in [5, 5.41) is 6.34. The summed E-state index contributed by atoms with van der Waals surface area (Å²) in [5.41, 5.74) is 0.522. The van der Waals surface area contributed by atoms with Gasteiger partial charge in [0.25, 0.3) is 5.91 Å². The number of carbonyl (C=O) groups excluding carboxylic acids is 2. The highest BCUT2D eigenvalue weighted by atomic mass is 32.2. The first-order valence-corrected chi connectivity index (χ1v) is 9.56. The highest BCUT2D eigenvalue weighted by Gasteiger charge is 2.31. The van der Waals surface area contributed by atoms with Crippen LogP contribution >= 0.6 is 23.1 Å². The number of hydrogen-bond donors (Lipinski definition) is 1. The van der Waals surface area contributed by atoms with Crippen molar-refractivity contribution < 1.29 is 9.59 Å². The van der Waals surface area contributed by atoms with Crippen LogP contribution in [0.4, 0.5) is 5.13 Å². The van der Waals surface area contributed by atoms with Crippen molar-refractivity contribution in [3.8, 4) is 0 Å². The second-order valence-corrected chi connectivity index (χ2v) is 8.27. The molecule has 120 valence electrons. The number of anilines is 1. The predicted molar refractivity (Wildman–Crippen MR) is 90.7 cm³/mol. The van der Waals surface area contributed by atoms with Crippen LogP contribution in [0.25, 0.3) is 0 Å². The molecule has 1 aliphatic heterocycles. The molecule has 0 unspecified atom stereocenters. The molecule has 5 nitrogen and oxygen atoms in total. The van der Waals surface area contributed by atoms with Crippen molar-refractivity contribution in [3.63, 3.8) is 0 Å². The maximum Gasteiger partial charge on any atom is 0.271 e. The molecule has 1 saturated carbocycles. The molecule has 0 bridgehead atoms. The Bertz CT molecular complexity index is 549. The lowest BCUT2D eigenvalue weighted by Crippen LogP contribution is -2.49. The molecule has 0 radical (unpaired) electrons. The normalized spacial score (nSPS) is 19.8. The Morgan fingerprint density at radius 2 is 2.05 bits per heavy atom. The fourth-order valence-corrected chi connectivity index (χ4v) is 4.73. The number of carbonyl (C=O) groups is 2. The summed E-state index contributed by atoms with van der Waals surface area (Å²) >= 11 is 2.90. The van der Waals surface area contributed by atoms with Gasteiger partial charge in [0.15, 0.2) is 10.2 Å². The maximum atomic E-state index is 12.2. The Kier molecular flexibility index (Phi) is 5.03. The van der Waals surface area contributed by atoms with E-state index in [1.54, 1.807) is 6.92 Å². The van der Waals surface area contributed by atoms with Gasteiger partial charge in [0.2, 0.25) is 0 Å². The third-order valence-electron chi connectivity index (χ3n) is 4.12. The van der Waals surface area contributed by atoms with Crippen LogP contribution in [0.2, 0.25) is 0 Å². The van der Waals surface area contributed by atoms with Crippen molar-refractivity contribution >= 4 is 39.3 Å². The summed E-state index contributed by atoms with van der Waals surface area (Å²) in [6, 6.07) is 0.312. The zero-order valence-electron chi connectivity index (χ0n) is 12.7. The first kappa shape index (κ1) is 15.8. The second-order valence-electron chi connectivity index (χ2n) is 5.96. The molecule has 0 spiro atoms. The highest BCUT2D eigenvalue weighted by Crippen LogP contribution is 2.30. The lowest BCUT2D eigenvalue weighted by Gasteiger charge is -2.37. The fourth-order valence-electron chi connectivity index (χ4n) is 2.92. The number of thioether (sulfide) groups is 1. The first-order chi connectivity index (χ1) is 10.6. The van der Waals surface area contributed by atoms with Crippen LogP contribution in [0, 0.1) is 0 Å². The Morgan fingerprint density at radius 3 is 2.73 bits per heavy atom. The van der Waals surface area contributed by atoms with E-state index in [1.165, 1.54) is 42.4 Å². The SMILES string of the molecule is CC(=O)SC1CN(c2nc(C(=O)NC3CCCCC3)cs2)C1. The van der Waals surface area contributed by atoms with Gasteiger partial charge in [-0.1, -0.05) is 31.0 Å². The van der Waals surface area contributed by atoms with E-state index >= 15 is 0 Å². The van der Waals surface area contributed by atoms with Gasteiger partial charge < -0.3 is 10.2 Å². The minimum absolute atomic E-state index is 0.0513. The van der Waals surface area contributed by atoms with E-state index in [4.69, 9.17) is 0 Å². The number of hydrogen-bond acceptors (Lipinski definition) is 6. The van der Waals surface area contributed by atoms with Crippen LogP contribution in [0.1, 0.15) is 49.5 Å². The summed E-state index contributed by atoms with van der Waals surface area (Å²) in [6.07, 6.45) is 5.85. The van der Waals surface area contributed by atoms with E-state index in [9.17, 15) is 9.59 Å². The quantitative estimate of drug-likeness (QED) is 0.914. The summed E-state index contributed by atoms with van der Waals surface area (Å²) in [7, 11) is 0. The zero-order valence-corrected chi connectivity index (χ0v) is 14.3. The van der Waals surface area contributed by atoms with Gasteiger partial charge in [-0.05, 0) is 12.8 Å². The molecule has 0 aromatic carbocycles. The molecule has 1 aliphatic carbocycles. The highest BCUT2D eigenvalue weighted by molar-refractivity contribution is 8.14. The molecular formula is C15H21N3O2S2. The minimum atomic E-state index is -0.0513. The molecule has 1 saturated heterocycles. The smallest absolute Gasteiger partial charge is 0.271 e. The van der Waals surface area contributed by atoms with Gasteiger partial charge in [-0.25, -0.2) is 4.98 Å². The second kappa shape index (κ2) is 7.00. The zero-order chi connectivity index (χ0) is 15.5. The molecular weight excluding hydrogens is 318 g/mol. The minimum Gasteiger partial charge on any atom is -0.348 e. The van der Waals surface area contributed by atoms with Crippen LogP contribution in [-0.2, 0) is 4.79 Å². The van der Waals surface area contributed by atoms with E-state index in [1.807, 2.05) is 5.38 Å². The molecule has 2 fully saturated rings. The summed E-state index contributed by atoms with van der Waals surface area (Å²) in [5.74, 6) is -0.0513. The van der Waals surface area contributed by atoms with Gasteiger partial charge >= 0.3 is 0 Å². The molecule has 1 amide bonds. The molecule has 7 heteroatoms. The van der Waals surface area contributed by atoms with Gasteiger partial charge in [0.05, 0.1) is 0 Å². The van der Waals surface area contributed by atoms with Crippen molar-refractivity contribution in [1.29, 1.82) is 0 Å². The van der Waals surface area contributed by atoms with E-state index < -0.39 is 0 Å². The van der Waals surface area contributed by atoms with Gasteiger partial charge in [0.1, 0.15) is 5.69 Å². The molecule has 22 heavy (non-hydrogen) atoms. The average molecular weight is 339 g/mol. The number of nitrogens with zero attached hydrogens (tertiary/aromatic N) is 2. The molecule has 1 N–H and O–H groups in total. The number of thiazole rings is 1. The van der Waals surface area contributed by atoms with Crippen molar-refractivity contribution in [3.05, 3.63) is 11.1 Å². The van der Waals surface area contributed by atoms with Crippen LogP contribution in [0.15, 0.2) is 5.38 Å². The lowest BCUT2D eigenvalue weighted by molar-refractivity contribution is -0.109. The Balaban J connectivity index is 1.51. The third-order valence-corrected chi connectivity index (χ3v) is 5.98. The largest absolute Gasteiger partial charge is 0.348 e. The topological polar surface area (TPSA) is 62.3 Å². The van der Waals surface area contributed by atoms with E-state index in [2.05, 4.69) is 15.2 Å². The predicted octanol–water partition coefficient (Wildman–Crippen LogP) is 2.67. The standard InChI is InChI=1S/C15H21N3O2S2/c1-10(19)22-12-7-18(8-12)15-17-13(9-21-15)14(20)16-11-5-3-2-4-6-11/h9,11-12H,2-8H2,1H3,(H,16,20). The van der Waals surface area contributed by atoms with Crippen molar-refractivity contribution in [1.82, 2.24) is 10.3 Å². The summed E-state index contributed by atoms with van der Waals surface area (Å²) in [4.78, 5) is 29.9. The van der Waals surface area contributed by atoms with Crippen LogP contribution in [-0.4, -0.2) is 40.4 Å². The Labute approximate surface area is 138 Å². The van der Waals surface area contributed by atoms with Crippen LogP contribution in [0.5, 0.6) is 0 Å².